The molecule has 7 heteroatoms. The van der Waals surface area contributed by atoms with Crippen molar-refractivity contribution in [2.24, 2.45) is 0 Å². The number of fused-ring (bicyclic) bond motifs is 1. The molecule has 0 saturated carbocycles. The zero-order chi connectivity index (χ0) is 14.5. The van der Waals surface area contributed by atoms with Gasteiger partial charge in [0.2, 0.25) is 12.2 Å². The number of hydrogen-bond acceptors (Lipinski definition) is 5. The minimum Gasteiger partial charge on any atom is -0.434 e. The number of Topliss-reactive ketones (excluding diaryl/α,β-unsaturated/α-hetero) is 1. The van der Waals surface area contributed by atoms with Crippen LogP contribution in [0.2, 0.25) is 0 Å². The summed E-state index contributed by atoms with van der Waals surface area (Å²) in [5.41, 5.74) is 1.10. The molecule has 106 valence electrons. The Labute approximate surface area is 118 Å². The third kappa shape index (κ3) is 3.30. The fourth-order valence-corrected chi connectivity index (χ4v) is 2.35. The highest BCUT2D eigenvalue weighted by atomic mass is 32.2. The summed E-state index contributed by atoms with van der Waals surface area (Å²) in [5, 5.41) is 2.42. The van der Waals surface area contributed by atoms with E-state index < -0.39 is 22.6 Å². The molecule has 1 unspecified atom stereocenters. The smallest absolute Gasteiger partial charge is 0.266 e. The molecule has 1 aromatic heterocycles. The Kier molecular flexibility index (Phi) is 4.62. The lowest BCUT2D eigenvalue weighted by Gasteiger charge is -2.11. The second-order valence-electron chi connectivity index (χ2n) is 4.25. The van der Waals surface area contributed by atoms with Crippen molar-refractivity contribution in [3.8, 4) is 0 Å². The minimum absolute atomic E-state index is 0.0487. The van der Waals surface area contributed by atoms with Crippen LogP contribution in [0, 0.1) is 0 Å². The molecule has 1 amide bonds. The van der Waals surface area contributed by atoms with Crippen molar-refractivity contribution in [2.45, 2.75) is 12.5 Å². The SMILES string of the molecule is CS(=O)CC[C@H](NC=O)C(=O)c1nc2ccccc2o1. The average Bonchev–Trinajstić information content (AvgIpc) is 2.86. The number of hydrogen-bond donors (Lipinski definition) is 1. The Balaban J connectivity index is 2.21. The predicted octanol–water partition coefficient (Wildman–Crippen LogP) is 0.894. The summed E-state index contributed by atoms with van der Waals surface area (Å²) in [7, 11) is -1.04. The Morgan fingerprint density at radius 1 is 1.50 bits per heavy atom. The van der Waals surface area contributed by atoms with Gasteiger partial charge in [0, 0.05) is 22.8 Å². The van der Waals surface area contributed by atoms with Gasteiger partial charge in [-0.1, -0.05) is 12.1 Å². The Morgan fingerprint density at radius 2 is 2.25 bits per heavy atom. The van der Waals surface area contributed by atoms with Gasteiger partial charge in [0.25, 0.3) is 5.89 Å². The van der Waals surface area contributed by atoms with Gasteiger partial charge in [-0.05, 0) is 18.6 Å². The fourth-order valence-electron chi connectivity index (χ4n) is 1.78. The molecule has 1 N–H and O–H groups in total. The van der Waals surface area contributed by atoms with E-state index in [-0.39, 0.29) is 12.3 Å². The van der Waals surface area contributed by atoms with Crippen LogP contribution in [0.4, 0.5) is 0 Å². The zero-order valence-electron chi connectivity index (χ0n) is 10.9. The molecular weight excluding hydrogens is 280 g/mol. The van der Waals surface area contributed by atoms with E-state index in [1.807, 2.05) is 0 Å². The maximum atomic E-state index is 12.2. The summed E-state index contributed by atoms with van der Waals surface area (Å²) in [5.74, 6) is -0.150. The van der Waals surface area contributed by atoms with Crippen molar-refractivity contribution < 1.29 is 18.2 Å². The van der Waals surface area contributed by atoms with E-state index in [9.17, 15) is 13.8 Å². The number of carbonyl (C=O) groups excluding carboxylic acids is 2. The number of ketones is 1. The first kappa shape index (κ1) is 14.4. The molecule has 2 atom stereocenters. The van der Waals surface area contributed by atoms with Crippen LogP contribution in [0.3, 0.4) is 0 Å². The van der Waals surface area contributed by atoms with E-state index in [1.54, 1.807) is 30.5 Å². The van der Waals surface area contributed by atoms with Gasteiger partial charge in [0.15, 0.2) is 5.58 Å². The third-order valence-electron chi connectivity index (χ3n) is 2.78. The lowest BCUT2D eigenvalue weighted by molar-refractivity contribution is -0.110. The van der Waals surface area contributed by atoms with E-state index in [0.29, 0.717) is 23.3 Å². The number of carbonyl (C=O) groups is 2. The number of para-hydroxylation sites is 2. The van der Waals surface area contributed by atoms with Crippen molar-refractivity contribution >= 4 is 34.1 Å². The quantitative estimate of drug-likeness (QED) is 0.605. The van der Waals surface area contributed by atoms with Crippen LogP contribution in [-0.4, -0.2) is 39.4 Å². The van der Waals surface area contributed by atoms with Gasteiger partial charge < -0.3 is 9.73 Å². The number of rotatable bonds is 7. The summed E-state index contributed by atoms with van der Waals surface area (Å²) >= 11 is 0. The third-order valence-corrected chi connectivity index (χ3v) is 3.59. The maximum absolute atomic E-state index is 12.2. The van der Waals surface area contributed by atoms with Crippen molar-refractivity contribution in [1.29, 1.82) is 0 Å². The minimum atomic E-state index is -1.04. The van der Waals surface area contributed by atoms with Crippen LogP contribution in [0.5, 0.6) is 0 Å². The van der Waals surface area contributed by atoms with Crippen molar-refractivity contribution in [2.75, 3.05) is 12.0 Å². The summed E-state index contributed by atoms with van der Waals surface area (Å²) in [6, 6.07) is 6.25. The van der Waals surface area contributed by atoms with Gasteiger partial charge in [-0.15, -0.1) is 0 Å². The first-order valence-corrected chi connectivity index (χ1v) is 7.74. The van der Waals surface area contributed by atoms with Gasteiger partial charge in [-0.2, -0.15) is 0 Å². The van der Waals surface area contributed by atoms with E-state index >= 15 is 0 Å². The van der Waals surface area contributed by atoms with E-state index in [1.165, 1.54) is 0 Å². The van der Waals surface area contributed by atoms with Gasteiger partial charge >= 0.3 is 0 Å². The van der Waals surface area contributed by atoms with E-state index in [0.717, 1.165) is 0 Å². The average molecular weight is 294 g/mol. The molecule has 0 spiro atoms. The number of benzene rings is 1. The molecule has 2 rings (SSSR count). The lowest BCUT2D eigenvalue weighted by Crippen LogP contribution is -2.37. The summed E-state index contributed by atoms with van der Waals surface area (Å²) in [6.07, 6.45) is 2.27. The standard InChI is InChI=1S/C13H14N2O4S/c1-20(18)7-6-10(14-8-16)12(17)13-15-9-4-2-3-5-11(9)19-13/h2-5,8,10H,6-7H2,1H3,(H,14,16)/t10-,20?/m0/s1. The van der Waals surface area contributed by atoms with Crippen molar-refractivity contribution in [3.63, 3.8) is 0 Å². The van der Waals surface area contributed by atoms with E-state index in [4.69, 9.17) is 4.42 Å². The van der Waals surface area contributed by atoms with Gasteiger partial charge in [0.05, 0.1) is 6.04 Å². The van der Waals surface area contributed by atoms with Gasteiger partial charge in [0.1, 0.15) is 5.52 Å². The lowest BCUT2D eigenvalue weighted by atomic mass is 10.1. The first-order chi connectivity index (χ1) is 9.61. The molecular formula is C13H14N2O4S. The number of oxazole rings is 1. The molecule has 2 aromatic rings. The Bertz CT molecular complexity index is 620. The van der Waals surface area contributed by atoms with Crippen molar-refractivity contribution in [3.05, 3.63) is 30.2 Å². The Hall–Kier alpha value is -2.02. The molecule has 0 bridgehead atoms. The van der Waals surface area contributed by atoms with Crippen molar-refractivity contribution in [1.82, 2.24) is 10.3 Å². The first-order valence-electron chi connectivity index (χ1n) is 6.01. The molecule has 0 aliphatic heterocycles. The summed E-state index contributed by atoms with van der Waals surface area (Å²) < 4.78 is 16.5. The molecule has 1 heterocycles. The largest absolute Gasteiger partial charge is 0.434 e. The van der Waals surface area contributed by atoms with Crippen LogP contribution in [0.15, 0.2) is 28.7 Å². The van der Waals surface area contributed by atoms with Gasteiger partial charge in [-0.3, -0.25) is 13.8 Å². The monoisotopic (exact) mass is 294 g/mol. The van der Waals surface area contributed by atoms with Crippen LogP contribution in [-0.2, 0) is 15.6 Å². The van der Waals surface area contributed by atoms with Crippen LogP contribution < -0.4 is 5.32 Å². The maximum Gasteiger partial charge on any atom is 0.266 e. The van der Waals surface area contributed by atoms with Crippen LogP contribution >= 0.6 is 0 Å². The summed E-state index contributed by atoms with van der Waals surface area (Å²) in [4.78, 5) is 26.9. The van der Waals surface area contributed by atoms with E-state index in [2.05, 4.69) is 10.3 Å². The normalized spacial score (nSPS) is 13.8. The van der Waals surface area contributed by atoms with Crippen LogP contribution in [0.25, 0.3) is 11.1 Å². The fraction of sp³-hybridized carbons (Fsp3) is 0.308. The Morgan fingerprint density at radius 3 is 2.90 bits per heavy atom. The molecule has 1 aromatic carbocycles. The number of aromatic nitrogens is 1. The number of nitrogens with zero attached hydrogens (tertiary/aromatic N) is 1. The molecule has 0 saturated heterocycles. The highest BCUT2D eigenvalue weighted by molar-refractivity contribution is 7.84. The topological polar surface area (TPSA) is 89.3 Å². The highest BCUT2D eigenvalue weighted by Gasteiger charge is 2.24. The highest BCUT2D eigenvalue weighted by Crippen LogP contribution is 2.16. The predicted molar refractivity (Wildman–Crippen MR) is 74.9 cm³/mol. The molecule has 0 radical (unpaired) electrons. The van der Waals surface area contributed by atoms with Crippen LogP contribution in [0.1, 0.15) is 17.1 Å². The van der Waals surface area contributed by atoms with Gasteiger partial charge in [-0.25, -0.2) is 4.98 Å². The zero-order valence-corrected chi connectivity index (χ0v) is 11.7. The second kappa shape index (κ2) is 6.42. The molecule has 0 aliphatic carbocycles. The second-order valence-corrected chi connectivity index (χ2v) is 5.81. The molecule has 20 heavy (non-hydrogen) atoms. The molecule has 0 aliphatic rings. The molecule has 6 nitrogen and oxygen atoms in total. The molecule has 0 fully saturated rings. The summed E-state index contributed by atoms with van der Waals surface area (Å²) in [6.45, 7) is 0. The number of amides is 1. The number of nitrogens with one attached hydrogen (secondary N) is 1.